The van der Waals surface area contributed by atoms with Crippen LogP contribution in [-0.4, -0.2) is 32.6 Å². The lowest BCUT2D eigenvalue weighted by atomic mass is 10.1. The van der Waals surface area contributed by atoms with Crippen molar-refractivity contribution in [1.29, 1.82) is 0 Å². The highest BCUT2D eigenvalue weighted by molar-refractivity contribution is 6.21. The van der Waals surface area contributed by atoms with Crippen molar-refractivity contribution in [2.45, 2.75) is 26.3 Å². The van der Waals surface area contributed by atoms with E-state index in [4.69, 9.17) is 4.84 Å². The molecule has 0 aliphatic carbocycles. The Morgan fingerprint density at radius 2 is 1.61 bits per heavy atom. The predicted molar refractivity (Wildman–Crippen MR) is 79.6 cm³/mol. The molecule has 2 aromatic rings. The van der Waals surface area contributed by atoms with Crippen molar-refractivity contribution in [3.63, 3.8) is 0 Å². The van der Waals surface area contributed by atoms with E-state index in [0.29, 0.717) is 5.06 Å². The number of amides is 2. The normalized spacial score (nSPS) is 14.1. The Bertz CT molecular complexity index is 782. The first-order valence-corrected chi connectivity index (χ1v) is 7.05. The van der Waals surface area contributed by atoms with E-state index >= 15 is 0 Å². The Kier molecular flexibility index (Phi) is 3.28. The molecule has 1 aliphatic rings. The van der Waals surface area contributed by atoms with Crippen molar-refractivity contribution in [1.82, 2.24) is 14.8 Å². The average Bonchev–Trinajstić information content (AvgIpc) is 3.08. The van der Waals surface area contributed by atoms with Crippen LogP contribution in [0.4, 0.5) is 0 Å². The molecule has 1 aromatic heterocycles. The highest BCUT2D eigenvalue weighted by atomic mass is 16.7. The van der Waals surface area contributed by atoms with E-state index < -0.39 is 17.8 Å². The van der Waals surface area contributed by atoms with Gasteiger partial charge in [-0.3, -0.25) is 14.3 Å². The average molecular weight is 313 g/mol. The van der Waals surface area contributed by atoms with Crippen LogP contribution in [-0.2, 0) is 10.4 Å². The fourth-order valence-electron chi connectivity index (χ4n) is 2.19. The topological polar surface area (TPSA) is 81.5 Å². The highest BCUT2D eigenvalue weighted by Gasteiger charge is 2.39. The summed E-state index contributed by atoms with van der Waals surface area (Å²) in [5.74, 6) is -2.18. The summed E-state index contributed by atoms with van der Waals surface area (Å²) in [6, 6.07) is 7.78. The van der Waals surface area contributed by atoms with Gasteiger partial charge in [-0.15, -0.1) is 0 Å². The molecular weight excluding hydrogens is 298 g/mol. The molecule has 1 aliphatic heterocycles. The Balaban J connectivity index is 1.81. The molecule has 23 heavy (non-hydrogen) atoms. The van der Waals surface area contributed by atoms with Gasteiger partial charge in [0.25, 0.3) is 11.8 Å². The number of fused-ring (bicyclic) bond motifs is 1. The molecule has 3 rings (SSSR count). The molecule has 0 bridgehead atoms. The Morgan fingerprint density at radius 3 is 2.09 bits per heavy atom. The minimum absolute atomic E-state index is 0.0245. The Labute approximate surface area is 132 Å². The summed E-state index contributed by atoms with van der Waals surface area (Å²) in [5, 5.41) is 4.59. The zero-order valence-corrected chi connectivity index (χ0v) is 12.9. The summed E-state index contributed by atoms with van der Waals surface area (Å²) in [6.07, 6.45) is 1.64. The van der Waals surface area contributed by atoms with Crippen LogP contribution in [0.25, 0.3) is 0 Å². The van der Waals surface area contributed by atoms with E-state index in [9.17, 15) is 14.4 Å². The number of aromatic nitrogens is 2. The van der Waals surface area contributed by atoms with Gasteiger partial charge in [-0.2, -0.15) is 5.10 Å². The Morgan fingerprint density at radius 1 is 1.04 bits per heavy atom. The third kappa shape index (κ3) is 2.50. The zero-order chi connectivity index (χ0) is 16.8. The van der Waals surface area contributed by atoms with Gasteiger partial charge in [0.05, 0.1) is 16.7 Å². The molecular formula is C16H15N3O4. The molecule has 0 radical (unpaired) electrons. The van der Waals surface area contributed by atoms with Crippen LogP contribution < -0.4 is 0 Å². The summed E-state index contributed by atoms with van der Waals surface area (Å²) in [4.78, 5) is 41.4. The van der Waals surface area contributed by atoms with Crippen molar-refractivity contribution in [2.24, 2.45) is 0 Å². The molecule has 0 N–H and O–H groups in total. The third-order valence-electron chi connectivity index (χ3n) is 3.42. The predicted octanol–water partition coefficient (Wildman–Crippen LogP) is 2.01. The second kappa shape index (κ2) is 5.05. The first-order valence-electron chi connectivity index (χ1n) is 7.05. The Hall–Kier alpha value is -2.96. The van der Waals surface area contributed by atoms with E-state index in [0.717, 1.165) is 0 Å². The lowest BCUT2D eigenvalue weighted by Crippen LogP contribution is -2.33. The summed E-state index contributed by atoms with van der Waals surface area (Å²) >= 11 is 0. The van der Waals surface area contributed by atoms with Crippen LogP contribution in [0.3, 0.4) is 0 Å². The lowest BCUT2D eigenvalue weighted by Gasteiger charge is -2.18. The second-order valence-corrected chi connectivity index (χ2v) is 6.15. The van der Waals surface area contributed by atoms with Crippen molar-refractivity contribution in [3.05, 3.63) is 53.3 Å². The van der Waals surface area contributed by atoms with Crippen LogP contribution in [0.2, 0.25) is 0 Å². The number of hydrogen-bond donors (Lipinski definition) is 0. The van der Waals surface area contributed by atoms with Crippen LogP contribution in [0, 0.1) is 0 Å². The number of hydrogen-bond acceptors (Lipinski definition) is 5. The first kappa shape index (κ1) is 15.0. The molecule has 7 heteroatoms. The number of nitrogens with zero attached hydrogens (tertiary/aromatic N) is 3. The largest absolute Gasteiger partial charge is 0.384 e. The summed E-state index contributed by atoms with van der Waals surface area (Å²) in [7, 11) is 0. The summed E-state index contributed by atoms with van der Waals surface area (Å²) in [5.41, 5.74) is 0.154. The van der Waals surface area contributed by atoms with Crippen LogP contribution >= 0.6 is 0 Å². The van der Waals surface area contributed by atoms with Gasteiger partial charge in [-0.25, -0.2) is 4.79 Å². The fourth-order valence-corrected chi connectivity index (χ4v) is 2.19. The first-order chi connectivity index (χ1) is 10.8. The van der Waals surface area contributed by atoms with E-state index in [1.54, 1.807) is 23.0 Å². The van der Waals surface area contributed by atoms with Gasteiger partial charge >= 0.3 is 5.97 Å². The molecule has 2 amide bonds. The molecule has 118 valence electrons. The highest BCUT2D eigenvalue weighted by Crippen LogP contribution is 2.23. The molecule has 1 aromatic carbocycles. The van der Waals surface area contributed by atoms with Crippen molar-refractivity contribution in [3.8, 4) is 0 Å². The number of imide groups is 1. The maximum Gasteiger partial charge on any atom is 0.384 e. The number of benzene rings is 1. The number of rotatable bonds is 2. The van der Waals surface area contributed by atoms with Crippen LogP contribution in [0.1, 0.15) is 52.0 Å². The summed E-state index contributed by atoms with van der Waals surface area (Å²) < 4.78 is 1.60. The quantitative estimate of drug-likeness (QED) is 0.792. The monoisotopic (exact) mass is 313 g/mol. The molecule has 7 nitrogen and oxygen atoms in total. The third-order valence-corrected chi connectivity index (χ3v) is 3.42. The minimum Gasteiger partial charge on any atom is -0.322 e. The van der Waals surface area contributed by atoms with Gasteiger partial charge in [0.2, 0.25) is 0 Å². The maximum absolute atomic E-state index is 12.1. The van der Waals surface area contributed by atoms with Crippen LogP contribution in [0.5, 0.6) is 0 Å². The number of carbonyl (C=O) groups excluding carboxylic acids is 3. The standard InChI is InChI=1S/C16H15N3O4/c1-16(2,3)18-9-8-12(17-18)15(22)23-19-13(20)10-6-4-5-7-11(10)14(19)21/h4-9H,1-3H3. The van der Waals surface area contributed by atoms with Gasteiger partial charge in [0.15, 0.2) is 5.69 Å². The fraction of sp³-hybridized carbons (Fsp3) is 0.250. The van der Waals surface area contributed by atoms with Gasteiger partial charge in [0.1, 0.15) is 0 Å². The molecule has 0 saturated heterocycles. The SMILES string of the molecule is CC(C)(C)n1ccc(C(=O)ON2C(=O)c3ccccc3C2=O)n1. The maximum atomic E-state index is 12.1. The lowest BCUT2D eigenvalue weighted by molar-refractivity contribution is -0.0589. The van der Waals surface area contributed by atoms with Crippen molar-refractivity contribution >= 4 is 17.8 Å². The van der Waals surface area contributed by atoms with E-state index in [1.807, 2.05) is 20.8 Å². The van der Waals surface area contributed by atoms with Crippen molar-refractivity contribution < 1.29 is 19.2 Å². The second-order valence-electron chi connectivity index (χ2n) is 6.15. The van der Waals surface area contributed by atoms with E-state index in [2.05, 4.69) is 5.10 Å². The van der Waals surface area contributed by atoms with Gasteiger partial charge in [-0.05, 0) is 39.0 Å². The number of carbonyl (C=O) groups is 3. The molecule has 0 unspecified atom stereocenters. The number of hydroxylamine groups is 2. The zero-order valence-electron chi connectivity index (χ0n) is 12.9. The van der Waals surface area contributed by atoms with Gasteiger partial charge < -0.3 is 4.84 Å². The van der Waals surface area contributed by atoms with E-state index in [1.165, 1.54) is 18.2 Å². The van der Waals surface area contributed by atoms with Gasteiger partial charge in [-0.1, -0.05) is 17.2 Å². The smallest absolute Gasteiger partial charge is 0.322 e. The molecule has 0 fully saturated rings. The van der Waals surface area contributed by atoms with Gasteiger partial charge in [0, 0.05) is 6.20 Å². The molecule has 0 saturated carbocycles. The van der Waals surface area contributed by atoms with E-state index in [-0.39, 0.29) is 22.4 Å². The van der Waals surface area contributed by atoms with Crippen molar-refractivity contribution in [2.75, 3.05) is 0 Å². The summed E-state index contributed by atoms with van der Waals surface area (Å²) in [6.45, 7) is 5.79. The van der Waals surface area contributed by atoms with Crippen LogP contribution in [0.15, 0.2) is 36.5 Å². The minimum atomic E-state index is -0.859. The molecule has 0 spiro atoms. The molecule has 2 heterocycles. The molecule has 0 atom stereocenters.